The Morgan fingerprint density at radius 3 is 2.41 bits per heavy atom. The van der Waals surface area contributed by atoms with Crippen LogP contribution in [0.1, 0.15) is 51.5 Å². The fourth-order valence-electron chi connectivity index (χ4n) is 5.34. The first-order chi connectivity index (χ1) is 16.3. The van der Waals surface area contributed by atoms with Gasteiger partial charge in [-0.05, 0) is 81.3 Å². The molecule has 0 bridgehead atoms. The van der Waals surface area contributed by atoms with Crippen molar-refractivity contribution in [1.82, 2.24) is 14.5 Å². The Morgan fingerprint density at radius 2 is 1.74 bits per heavy atom. The van der Waals surface area contributed by atoms with Crippen LogP contribution in [0.4, 0.5) is 5.69 Å². The molecule has 0 aliphatic carbocycles. The number of aryl methyl sites for hydroxylation is 1. The van der Waals surface area contributed by atoms with Crippen LogP contribution < -0.4 is 10.2 Å². The molecule has 3 aliphatic rings. The lowest BCUT2D eigenvalue weighted by molar-refractivity contribution is -0.126. The van der Waals surface area contributed by atoms with Gasteiger partial charge in [0.2, 0.25) is 21.8 Å². The Labute approximate surface area is 203 Å². The van der Waals surface area contributed by atoms with Crippen LogP contribution >= 0.6 is 0 Å². The molecule has 2 saturated heterocycles. The zero-order valence-electron chi connectivity index (χ0n) is 20.5. The van der Waals surface area contributed by atoms with Crippen molar-refractivity contribution in [2.75, 3.05) is 50.7 Å². The van der Waals surface area contributed by atoms with Crippen LogP contribution in [0.5, 0.6) is 0 Å². The molecule has 0 atom stereocenters. The predicted octanol–water partition coefficient (Wildman–Crippen LogP) is 2.23. The smallest absolute Gasteiger partial charge is 0.243 e. The minimum atomic E-state index is -3.63. The van der Waals surface area contributed by atoms with Gasteiger partial charge in [-0.2, -0.15) is 4.31 Å². The van der Waals surface area contributed by atoms with Crippen LogP contribution in [0.15, 0.2) is 23.1 Å². The Morgan fingerprint density at radius 1 is 1.03 bits per heavy atom. The van der Waals surface area contributed by atoms with Gasteiger partial charge < -0.3 is 15.1 Å². The zero-order valence-corrected chi connectivity index (χ0v) is 21.3. The molecular weight excluding hydrogens is 452 g/mol. The van der Waals surface area contributed by atoms with E-state index in [2.05, 4.69) is 17.1 Å². The first kappa shape index (κ1) is 25.1. The third kappa shape index (κ3) is 5.63. The van der Waals surface area contributed by atoms with E-state index in [-0.39, 0.29) is 22.6 Å². The van der Waals surface area contributed by atoms with Crippen LogP contribution in [0.2, 0.25) is 0 Å². The molecule has 8 nitrogen and oxygen atoms in total. The van der Waals surface area contributed by atoms with Crippen molar-refractivity contribution in [3.63, 3.8) is 0 Å². The highest BCUT2D eigenvalue weighted by molar-refractivity contribution is 7.89. The summed E-state index contributed by atoms with van der Waals surface area (Å²) in [6.07, 6.45) is 5.11. The van der Waals surface area contributed by atoms with Crippen molar-refractivity contribution < 1.29 is 18.0 Å². The van der Waals surface area contributed by atoms with Gasteiger partial charge in [-0.25, -0.2) is 8.42 Å². The Balaban J connectivity index is 1.29. The van der Waals surface area contributed by atoms with Gasteiger partial charge in [-0.3, -0.25) is 9.59 Å². The highest BCUT2D eigenvalue weighted by Crippen LogP contribution is 2.31. The molecule has 9 heteroatoms. The highest BCUT2D eigenvalue weighted by atomic mass is 32.2. The normalized spacial score (nSPS) is 21.3. The lowest BCUT2D eigenvalue weighted by Gasteiger charge is -2.32. The summed E-state index contributed by atoms with van der Waals surface area (Å²) in [4.78, 5) is 28.9. The second-order valence-electron chi connectivity index (χ2n) is 10.1. The maximum atomic E-state index is 13.3. The number of anilines is 1. The first-order valence-corrected chi connectivity index (χ1v) is 14.1. The number of carbonyl (C=O) groups excluding carboxylic acids is 2. The van der Waals surface area contributed by atoms with E-state index >= 15 is 0 Å². The van der Waals surface area contributed by atoms with E-state index in [4.69, 9.17) is 0 Å². The first-order valence-electron chi connectivity index (χ1n) is 12.7. The molecule has 2 fully saturated rings. The van der Waals surface area contributed by atoms with E-state index in [1.165, 1.54) is 24.1 Å². The lowest BCUT2D eigenvalue weighted by atomic mass is 9.97. The highest BCUT2D eigenvalue weighted by Gasteiger charge is 2.33. The second-order valence-corrected chi connectivity index (χ2v) is 12.0. The average molecular weight is 491 g/mol. The van der Waals surface area contributed by atoms with Gasteiger partial charge >= 0.3 is 0 Å². The number of rotatable bonds is 6. The number of benzene rings is 1. The molecule has 0 saturated carbocycles. The molecule has 1 aromatic rings. The van der Waals surface area contributed by atoms with Crippen LogP contribution in [0.25, 0.3) is 0 Å². The molecule has 3 aliphatic heterocycles. The van der Waals surface area contributed by atoms with Crippen molar-refractivity contribution in [3.05, 3.63) is 23.8 Å². The summed E-state index contributed by atoms with van der Waals surface area (Å²) in [5.41, 5.74) is 1.71. The number of hydrogen-bond donors (Lipinski definition) is 1. The molecule has 0 spiro atoms. The van der Waals surface area contributed by atoms with Crippen LogP contribution in [-0.4, -0.2) is 75.3 Å². The molecule has 188 valence electrons. The van der Waals surface area contributed by atoms with Gasteiger partial charge in [0.1, 0.15) is 0 Å². The van der Waals surface area contributed by atoms with Crippen molar-refractivity contribution in [3.8, 4) is 0 Å². The lowest BCUT2D eigenvalue weighted by Crippen LogP contribution is -2.45. The number of carbonyl (C=O) groups is 2. The van der Waals surface area contributed by atoms with Crippen LogP contribution in [0.3, 0.4) is 0 Å². The third-order valence-electron chi connectivity index (χ3n) is 7.62. The van der Waals surface area contributed by atoms with Crippen LogP contribution in [-0.2, 0) is 26.0 Å². The number of nitrogens with zero attached hydrogens (tertiary/aromatic N) is 3. The minimum Gasteiger partial charge on any atom is -0.355 e. The van der Waals surface area contributed by atoms with Gasteiger partial charge in [0, 0.05) is 51.3 Å². The maximum Gasteiger partial charge on any atom is 0.243 e. The van der Waals surface area contributed by atoms with E-state index in [1.807, 2.05) is 0 Å². The van der Waals surface area contributed by atoms with Crippen molar-refractivity contribution in [2.45, 2.75) is 57.3 Å². The molecule has 4 rings (SSSR count). The Bertz CT molecular complexity index is 996. The zero-order chi connectivity index (χ0) is 24.3. The summed E-state index contributed by atoms with van der Waals surface area (Å²) >= 11 is 0. The number of sulfonamides is 1. The van der Waals surface area contributed by atoms with E-state index in [0.29, 0.717) is 39.0 Å². The van der Waals surface area contributed by atoms with Gasteiger partial charge in [-0.15, -0.1) is 0 Å². The van der Waals surface area contributed by atoms with E-state index in [1.54, 1.807) is 23.1 Å². The van der Waals surface area contributed by atoms with Gasteiger partial charge in [0.25, 0.3) is 0 Å². The summed E-state index contributed by atoms with van der Waals surface area (Å²) in [6.45, 7) is 8.92. The number of likely N-dealkylation sites (tertiary alicyclic amines) is 1. The van der Waals surface area contributed by atoms with Gasteiger partial charge in [0.15, 0.2) is 0 Å². The maximum absolute atomic E-state index is 13.3. The number of fused-ring (bicyclic) bond motifs is 1. The molecule has 2 amide bonds. The summed E-state index contributed by atoms with van der Waals surface area (Å²) in [7, 11) is -3.63. The van der Waals surface area contributed by atoms with Crippen molar-refractivity contribution in [2.24, 2.45) is 11.8 Å². The number of piperidine rings is 2. The Hall–Kier alpha value is -1.97. The summed E-state index contributed by atoms with van der Waals surface area (Å²) in [6, 6.07) is 5.08. The van der Waals surface area contributed by atoms with E-state index in [9.17, 15) is 18.0 Å². The molecule has 0 aromatic heterocycles. The van der Waals surface area contributed by atoms with E-state index in [0.717, 1.165) is 49.6 Å². The molecule has 34 heavy (non-hydrogen) atoms. The fraction of sp³-hybridized carbons (Fsp3) is 0.680. The monoisotopic (exact) mass is 490 g/mol. The van der Waals surface area contributed by atoms with Gasteiger partial charge in [0.05, 0.1) is 4.90 Å². The molecule has 0 radical (unpaired) electrons. The molecular formula is C25H38N4O4S. The second kappa shape index (κ2) is 10.7. The molecule has 3 heterocycles. The Kier molecular flexibility index (Phi) is 7.94. The van der Waals surface area contributed by atoms with E-state index < -0.39 is 10.0 Å². The topological polar surface area (TPSA) is 90.0 Å². The molecule has 1 aromatic carbocycles. The van der Waals surface area contributed by atoms with Crippen LogP contribution in [0, 0.1) is 11.8 Å². The number of nitrogens with one attached hydrogen (secondary N) is 1. The van der Waals surface area contributed by atoms with Gasteiger partial charge in [-0.1, -0.05) is 6.92 Å². The molecule has 0 unspecified atom stereocenters. The number of amides is 2. The summed E-state index contributed by atoms with van der Waals surface area (Å²) in [5, 5.41) is 3.06. The quantitative estimate of drug-likeness (QED) is 0.661. The standard InChI is InChI=1S/C25H38N4O4S/c1-19-7-13-27(14-8-19)17-11-26-25(31)21-9-15-28(16-10-21)34(32,33)23-5-6-24-22(18-23)4-3-12-29(24)20(2)30/h5-6,18-19,21H,3-4,7-17H2,1-2H3,(H,26,31). The fourth-order valence-corrected chi connectivity index (χ4v) is 6.86. The van der Waals surface area contributed by atoms with Crippen molar-refractivity contribution in [1.29, 1.82) is 0 Å². The SMILES string of the molecule is CC(=O)N1CCCc2cc(S(=O)(=O)N3CCC(C(=O)NCCN4CCC(C)CC4)CC3)ccc21. The predicted molar refractivity (Wildman–Crippen MR) is 132 cm³/mol. The average Bonchev–Trinajstić information content (AvgIpc) is 2.84. The molecule has 1 N–H and O–H groups in total. The minimum absolute atomic E-state index is 0.0255. The van der Waals surface area contributed by atoms with Crippen molar-refractivity contribution >= 4 is 27.5 Å². The largest absolute Gasteiger partial charge is 0.355 e. The summed E-state index contributed by atoms with van der Waals surface area (Å²) < 4.78 is 28.0. The third-order valence-corrected chi connectivity index (χ3v) is 9.51. The number of hydrogen-bond acceptors (Lipinski definition) is 5. The summed E-state index contributed by atoms with van der Waals surface area (Å²) in [5.74, 6) is 0.673.